The largest absolute Gasteiger partial charge is 0.443 e. The van der Waals surface area contributed by atoms with Gasteiger partial charge in [0.1, 0.15) is 12.3 Å². The Kier molecular flexibility index (Phi) is 8.25. The van der Waals surface area contributed by atoms with Crippen LogP contribution < -0.4 is 10.6 Å². The van der Waals surface area contributed by atoms with Gasteiger partial charge in [-0.3, -0.25) is 4.90 Å². The maximum atomic E-state index is 5.79. The molecule has 0 aromatic carbocycles. The van der Waals surface area contributed by atoms with E-state index in [-0.39, 0.29) is 5.41 Å². The second-order valence-electron chi connectivity index (χ2n) is 7.01. The maximum Gasteiger partial charge on any atom is 0.216 e. The van der Waals surface area contributed by atoms with Crippen molar-refractivity contribution in [1.29, 1.82) is 0 Å². The standard InChI is InChI=1S/C18H35N5O/c1-8-19-17(21-11-14(4)23(9-2)10-3)22-13-16-20-12-15(24-16)18(5,6)7/h12,14H,8-11,13H2,1-7H3,(H2,19,21,22). The third-order valence-corrected chi connectivity index (χ3v) is 4.01. The zero-order valence-corrected chi connectivity index (χ0v) is 16.4. The molecule has 0 amide bonds. The van der Waals surface area contributed by atoms with Crippen molar-refractivity contribution in [3.8, 4) is 0 Å². The lowest BCUT2D eigenvalue weighted by Gasteiger charge is -2.27. The smallest absolute Gasteiger partial charge is 0.216 e. The molecule has 0 saturated heterocycles. The van der Waals surface area contributed by atoms with E-state index in [4.69, 9.17) is 4.42 Å². The van der Waals surface area contributed by atoms with Gasteiger partial charge in [-0.25, -0.2) is 9.98 Å². The monoisotopic (exact) mass is 337 g/mol. The minimum Gasteiger partial charge on any atom is -0.443 e. The van der Waals surface area contributed by atoms with Crippen LogP contribution in [-0.2, 0) is 12.0 Å². The fraction of sp³-hybridized carbons (Fsp3) is 0.778. The van der Waals surface area contributed by atoms with Gasteiger partial charge in [-0.15, -0.1) is 0 Å². The van der Waals surface area contributed by atoms with Gasteiger partial charge in [-0.1, -0.05) is 34.6 Å². The SMILES string of the molecule is CCNC(=NCc1ncc(C(C)(C)C)o1)NCC(C)N(CC)CC. The zero-order chi connectivity index (χ0) is 18.2. The summed E-state index contributed by atoms with van der Waals surface area (Å²) in [6, 6.07) is 0.457. The van der Waals surface area contributed by atoms with Crippen LogP contribution in [0.5, 0.6) is 0 Å². The van der Waals surface area contributed by atoms with Gasteiger partial charge >= 0.3 is 0 Å². The van der Waals surface area contributed by atoms with Crippen molar-refractivity contribution in [3.63, 3.8) is 0 Å². The van der Waals surface area contributed by atoms with Crippen LogP contribution in [-0.4, -0.2) is 48.1 Å². The van der Waals surface area contributed by atoms with Gasteiger partial charge in [-0.2, -0.15) is 0 Å². The second-order valence-corrected chi connectivity index (χ2v) is 7.01. The summed E-state index contributed by atoms with van der Waals surface area (Å²) in [5.41, 5.74) is -0.0308. The molecule has 6 nitrogen and oxygen atoms in total. The number of nitrogens with one attached hydrogen (secondary N) is 2. The first kappa shape index (κ1) is 20.5. The van der Waals surface area contributed by atoms with Crippen LogP contribution in [0.3, 0.4) is 0 Å². The topological polar surface area (TPSA) is 65.7 Å². The zero-order valence-electron chi connectivity index (χ0n) is 16.4. The summed E-state index contributed by atoms with van der Waals surface area (Å²) in [6.07, 6.45) is 1.80. The highest BCUT2D eigenvalue weighted by Crippen LogP contribution is 2.22. The minimum absolute atomic E-state index is 0.0308. The second kappa shape index (κ2) is 9.67. The van der Waals surface area contributed by atoms with E-state index < -0.39 is 0 Å². The van der Waals surface area contributed by atoms with Crippen LogP contribution in [0.25, 0.3) is 0 Å². The Labute approximate surface area is 147 Å². The van der Waals surface area contributed by atoms with E-state index in [2.05, 4.69) is 74.0 Å². The minimum atomic E-state index is -0.0308. The molecule has 138 valence electrons. The molecule has 1 atom stereocenters. The van der Waals surface area contributed by atoms with Crippen molar-refractivity contribution >= 4 is 5.96 Å². The normalized spacial score (nSPS) is 14.1. The predicted octanol–water partition coefficient (Wildman–Crippen LogP) is 2.76. The van der Waals surface area contributed by atoms with E-state index in [9.17, 15) is 0 Å². The van der Waals surface area contributed by atoms with Crippen molar-refractivity contribution in [1.82, 2.24) is 20.5 Å². The first-order chi connectivity index (χ1) is 11.3. The van der Waals surface area contributed by atoms with E-state index >= 15 is 0 Å². The fourth-order valence-electron chi connectivity index (χ4n) is 2.44. The Bertz CT molecular complexity index is 500. The Hall–Kier alpha value is -1.56. The van der Waals surface area contributed by atoms with Gasteiger partial charge in [0.25, 0.3) is 0 Å². The van der Waals surface area contributed by atoms with Gasteiger partial charge in [0.15, 0.2) is 5.96 Å². The van der Waals surface area contributed by atoms with Crippen molar-refractivity contribution in [2.75, 3.05) is 26.2 Å². The highest BCUT2D eigenvalue weighted by Gasteiger charge is 2.19. The van der Waals surface area contributed by atoms with Gasteiger partial charge in [-0.05, 0) is 26.9 Å². The molecule has 0 bridgehead atoms. The number of hydrogen-bond donors (Lipinski definition) is 2. The van der Waals surface area contributed by atoms with E-state index in [0.29, 0.717) is 18.5 Å². The lowest BCUT2D eigenvalue weighted by molar-refractivity contribution is 0.231. The van der Waals surface area contributed by atoms with Gasteiger partial charge in [0.2, 0.25) is 5.89 Å². The first-order valence-electron chi connectivity index (χ1n) is 9.03. The molecular weight excluding hydrogens is 302 g/mol. The van der Waals surface area contributed by atoms with Crippen LogP contribution in [0, 0.1) is 0 Å². The van der Waals surface area contributed by atoms with Crippen molar-refractivity contribution in [2.45, 2.75) is 66.5 Å². The molecule has 0 spiro atoms. The van der Waals surface area contributed by atoms with E-state index in [1.54, 1.807) is 6.20 Å². The molecule has 6 heteroatoms. The van der Waals surface area contributed by atoms with Gasteiger partial charge < -0.3 is 15.1 Å². The molecule has 2 N–H and O–H groups in total. The Morgan fingerprint density at radius 2 is 1.92 bits per heavy atom. The number of oxazole rings is 1. The summed E-state index contributed by atoms with van der Waals surface area (Å²) >= 11 is 0. The first-order valence-corrected chi connectivity index (χ1v) is 9.03. The predicted molar refractivity (Wildman–Crippen MR) is 100 cm³/mol. The Morgan fingerprint density at radius 1 is 1.25 bits per heavy atom. The summed E-state index contributed by atoms with van der Waals surface area (Å²) < 4.78 is 5.79. The molecule has 0 radical (unpaired) electrons. The number of hydrogen-bond acceptors (Lipinski definition) is 4. The molecule has 1 aromatic rings. The quantitative estimate of drug-likeness (QED) is 0.564. The van der Waals surface area contributed by atoms with E-state index in [0.717, 1.165) is 37.9 Å². The molecule has 1 aromatic heterocycles. The van der Waals surface area contributed by atoms with Crippen LogP contribution >= 0.6 is 0 Å². The van der Waals surface area contributed by atoms with E-state index in [1.165, 1.54) is 0 Å². The van der Waals surface area contributed by atoms with Gasteiger partial charge in [0.05, 0.1) is 6.20 Å². The summed E-state index contributed by atoms with van der Waals surface area (Å²) in [4.78, 5) is 11.3. The van der Waals surface area contributed by atoms with Crippen molar-refractivity contribution in [3.05, 3.63) is 17.8 Å². The number of likely N-dealkylation sites (N-methyl/N-ethyl adjacent to an activating group) is 1. The summed E-state index contributed by atoms with van der Waals surface area (Å²) in [5, 5.41) is 6.68. The van der Waals surface area contributed by atoms with Crippen LogP contribution in [0.4, 0.5) is 0 Å². The third-order valence-electron chi connectivity index (χ3n) is 4.01. The Morgan fingerprint density at radius 3 is 2.42 bits per heavy atom. The number of nitrogens with zero attached hydrogens (tertiary/aromatic N) is 3. The van der Waals surface area contributed by atoms with Crippen LogP contribution in [0.15, 0.2) is 15.6 Å². The number of guanidine groups is 1. The van der Waals surface area contributed by atoms with Crippen molar-refractivity contribution in [2.24, 2.45) is 4.99 Å². The molecule has 1 heterocycles. The molecule has 1 unspecified atom stereocenters. The third kappa shape index (κ3) is 6.51. The molecule has 0 fully saturated rings. The summed E-state index contributed by atoms with van der Waals surface area (Å²) in [6.45, 7) is 19.2. The average Bonchev–Trinajstić information content (AvgIpc) is 3.00. The van der Waals surface area contributed by atoms with Crippen molar-refractivity contribution < 1.29 is 4.42 Å². The van der Waals surface area contributed by atoms with Crippen LogP contribution in [0.2, 0.25) is 0 Å². The summed E-state index contributed by atoms with van der Waals surface area (Å²) in [5.74, 6) is 2.33. The van der Waals surface area contributed by atoms with Crippen LogP contribution in [0.1, 0.15) is 60.1 Å². The molecular formula is C18H35N5O. The molecule has 24 heavy (non-hydrogen) atoms. The fourth-order valence-corrected chi connectivity index (χ4v) is 2.44. The highest BCUT2D eigenvalue weighted by atomic mass is 16.4. The highest BCUT2D eigenvalue weighted by molar-refractivity contribution is 5.79. The molecule has 0 saturated carbocycles. The van der Waals surface area contributed by atoms with E-state index in [1.807, 2.05) is 0 Å². The molecule has 0 aliphatic rings. The molecule has 0 aliphatic carbocycles. The number of rotatable bonds is 8. The average molecular weight is 338 g/mol. The summed E-state index contributed by atoms with van der Waals surface area (Å²) in [7, 11) is 0. The molecule has 1 rings (SSSR count). The molecule has 0 aliphatic heterocycles. The lowest BCUT2D eigenvalue weighted by atomic mass is 9.94. The maximum absolute atomic E-state index is 5.79. The lowest BCUT2D eigenvalue weighted by Crippen LogP contribution is -2.46. The van der Waals surface area contributed by atoms with Gasteiger partial charge in [0, 0.05) is 24.5 Å². The number of aliphatic imine (C=N–C) groups is 1. The Balaban J connectivity index is 2.64. The number of aromatic nitrogens is 1.